The van der Waals surface area contributed by atoms with Crippen LogP contribution in [0, 0.1) is 5.92 Å². The van der Waals surface area contributed by atoms with E-state index < -0.39 is 27.7 Å². The highest BCUT2D eigenvalue weighted by Gasteiger charge is 2.32. The van der Waals surface area contributed by atoms with E-state index in [1.54, 1.807) is 12.1 Å². The Kier molecular flexibility index (Phi) is 11.6. The van der Waals surface area contributed by atoms with Crippen molar-refractivity contribution in [2.45, 2.75) is 51.6 Å². The zero-order valence-corrected chi connectivity index (χ0v) is 23.6. The van der Waals surface area contributed by atoms with Gasteiger partial charge in [-0.15, -0.1) is 0 Å². The van der Waals surface area contributed by atoms with E-state index >= 15 is 0 Å². The summed E-state index contributed by atoms with van der Waals surface area (Å²) in [5.74, 6) is -0.204. The van der Waals surface area contributed by atoms with Gasteiger partial charge in [0.05, 0.1) is 17.9 Å². The summed E-state index contributed by atoms with van der Waals surface area (Å²) < 4.78 is 82.2. The summed E-state index contributed by atoms with van der Waals surface area (Å²) in [6.07, 6.45) is 3.30. The van der Waals surface area contributed by atoms with Gasteiger partial charge in [-0.05, 0) is 49.5 Å². The number of nitrogens with zero attached hydrogens (tertiary/aromatic N) is 1. The largest absolute Gasteiger partial charge is 0.493 e. The quantitative estimate of drug-likeness (QED) is 0.175. The highest BCUT2D eigenvalue weighted by Crippen LogP contribution is 2.36. The van der Waals surface area contributed by atoms with Crippen LogP contribution in [0.4, 0.5) is 13.2 Å². The highest BCUT2D eigenvalue weighted by atomic mass is 35.5. The van der Waals surface area contributed by atoms with E-state index in [1.807, 2.05) is 11.6 Å². The molecule has 0 unspecified atom stereocenters. The van der Waals surface area contributed by atoms with E-state index in [4.69, 9.17) is 25.8 Å². The molecule has 1 aliphatic carbocycles. The molecular formula is C27H32ClF3N2O6S. The Morgan fingerprint density at radius 2 is 1.95 bits per heavy atom. The molecular weight excluding hydrogens is 573 g/mol. The monoisotopic (exact) mass is 604 g/mol. The molecule has 0 spiro atoms. The van der Waals surface area contributed by atoms with Gasteiger partial charge >= 0.3 is 6.18 Å². The van der Waals surface area contributed by atoms with Crippen LogP contribution < -0.4 is 14.2 Å². The van der Waals surface area contributed by atoms with Crippen LogP contribution in [0.15, 0.2) is 36.5 Å². The number of halogens is 4. The van der Waals surface area contributed by atoms with Gasteiger partial charge in [0.25, 0.3) is 5.91 Å². The van der Waals surface area contributed by atoms with Crippen molar-refractivity contribution >= 4 is 33.6 Å². The number of benzene rings is 1. The first-order chi connectivity index (χ1) is 19.0. The molecule has 0 bridgehead atoms. The second-order valence-electron chi connectivity index (χ2n) is 9.36. The van der Waals surface area contributed by atoms with E-state index in [0.29, 0.717) is 62.0 Å². The van der Waals surface area contributed by atoms with Gasteiger partial charge < -0.3 is 14.2 Å². The minimum atomic E-state index is -4.64. The summed E-state index contributed by atoms with van der Waals surface area (Å²) in [5.41, 5.74) is -0.737. The molecule has 0 saturated heterocycles. The van der Waals surface area contributed by atoms with Crippen molar-refractivity contribution in [2.75, 3.05) is 25.6 Å². The number of rotatable bonds is 16. The molecule has 1 fully saturated rings. The third kappa shape index (κ3) is 11.0. The average Bonchev–Trinajstić information content (AvgIpc) is 3.70. The molecule has 13 heteroatoms. The van der Waals surface area contributed by atoms with Crippen LogP contribution in [0.25, 0.3) is 6.08 Å². The van der Waals surface area contributed by atoms with Gasteiger partial charge in [0.1, 0.15) is 16.5 Å². The Labute approximate surface area is 236 Å². The number of unbranched alkanes of at least 4 members (excludes halogenated alkanes) is 2. The minimum absolute atomic E-state index is 0.0755. The minimum Gasteiger partial charge on any atom is -0.493 e. The maximum absolute atomic E-state index is 13.0. The normalized spacial score (nSPS) is 13.9. The third-order valence-corrected chi connectivity index (χ3v) is 7.37. The van der Waals surface area contributed by atoms with Crippen molar-refractivity contribution in [3.05, 3.63) is 52.7 Å². The fraction of sp³-hybridized carbons (Fsp3) is 0.481. The van der Waals surface area contributed by atoms with E-state index in [1.165, 1.54) is 25.0 Å². The standard InChI is InChI=1S/C27H32ClF3N2O6S/c1-2-3-4-14-40(35,36)33-25(34)11-9-20-8-10-22(38-13-5-12-37-18-19-6-7-19)16-24(20)39-26-23(28)15-21(17-32-26)27(29,30)31/h8-11,15-17,19H,2-7,12-14,18H2,1H3,(H,33,34). The number of ether oxygens (including phenoxy) is 3. The lowest BCUT2D eigenvalue weighted by molar-refractivity contribution is -0.137. The Hall–Kier alpha value is -2.83. The molecule has 3 rings (SSSR count). The van der Waals surface area contributed by atoms with E-state index in [9.17, 15) is 26.4 Å². The van der Waals surface area contributed by atoms with Crippen LogP contribution in [0.2, 0.25) is 5.02 Å². The SMILES string of the molecule is CCCCCS(=O)(=O)NC(=O)C=Cc1ccc(OCCCOCC2CC2)cc1Oc1ncc(C(F)(F)F)cc1Cl. The van der Waals surface area contributed by atoms with Gasteiger partial charge in [-0.3, -0.25) is 4.79 Å². The number of pyridine rings is 1. The zero-order chi connectivity index (χ0) is 29.2. The fourth-order valence-electron chi connectivity index (χ4n) is 3.42. The predicted molar refractivity (Wildman–Crippen MR) is 145 cm³/mol. The summed E-state index contributed by atoms with van der Waals surface area (Å²) in [4.78, 5) is 16.0. The molecule has 40 heavy (non-hydrogen) atoms. The first kappa shape index (κ1) is 31.7. The lowest BCUT2D eigenvalue weighted by atomic mass is 10.1. The van der Waals surface area contributed by atoms with E-state index in [0.717, 1.165) is 19.1 Å². The van der Waals surface area contributed by atoms with Gasteiger partial charge in [0, 0.05) is 43.5 Å². The number of sulfonamides is 1. The number of hydrogen-bond donors (Lipinski definition) is 1. The number of alkyl halides is 3. The van der Waals surface area contributed by atoms with Crippen molar-refractivity contribution < 1.29 is 40.6 Å². The molecule has 1 heterocycles. The second kappa shape index (κ2) is 14.7. The maximum atomic E-state index is 13.0. The topological polar surface area (TPSA) is 104 Å². The molecule has 1 saturated carbocycles. The maximum Gasteiger partial charge on any atom is 0.417 e. The van der Waals surface area contributed by atoms with E-state index in [-0.39, 0.29) is 22.4 Å². The molecule has 0 atom stereocenters. The Bertz CT molecular complexity index is 1280. The number of nitrogens with one attached hydrogen (secondary N) is 1. The summed E-state index contributed by atoms with van der Waals surface area (Å²) in [5, 5.41) is -0.375. The Morgan fingerprint density at radius 1 is 1.18 bits per heavy atom. The van der Waals surface area contributed by atoms with Crippen molar-refractivity contribution in [3.8, 4) is 17.4 Å². The van der Waals surface area contributed by atoms with Crippen molar-refractivity contribution in [2.24, 2.45) is 5.92 Å². The highest BCUT2D eigenvalue weighted by molar-refractivity contribution is 7.90. The summed E-state index contributed by atoms with van der Waals surface area (Å²) >= 11 is 6.01. The molecule has 1 aliphatic rings. The predicted octanol–water partition coefficient (Wildman–Crippen LogP) is 6.39. The molecule has 220 valence electrons. The number of carbonyl (C=O) groups is 1. The van der Waals surface area contributed by atoms with Gasteiger partial charge in [0.2, 0.25) is 15.9 Å². The number of hydrogen-bond acceptors (Lipinski definition) is 7. The van der Waals surface area contributed by atoms with Crippen molar-refractivity contribution in [3.63, 3.8) is 0 Å². The lowest BCUT2D eigenvalue weighted by Gasteiger charge is -2.14. The van der Waals surface area contributed by atoms with Crippen LogP contribution in [-0.4, -0.2) is 44.9 Å². The third-order valence-electron chi connectivity index (χ3n) is 5.77. The summed E-state index contributed by atoms with van der Waals surface area (Å²) in [7, 11) is -3.79. The van der Waals surface area contributed by atoms with E-state index in [2.05, 4.69) is 4.98 Å². The number of amides is 1. The van der Waals surface area contributed by atoms with Gasteiger partial charge in [-0.2, -0.15) is 13.2 Å². The van der Waals surface area contributed by atoms with Crippen LogP contribution in [0.5, 0.6) is 17.4 Å². The van der Waals surface area contributed by atoms with Crippen LogP contribution in [0.1, 0.15) is 56.6 Å². The Balaban J connectivity index is 1.73. The lowest BCUT2D eigenvalue weighted by Crippen LogP contribution is -2.31. The van der Waals surface area contributed by atoms with Crippen LogP contribution in [-0.2, 0) is 25.7 Å². The molecule has 0 radical (unpaired) electrons. The molecule has 1 amide bonds. The average molecular weight is 605 g/mol. The molecule has 8 nitrogen and oxygen atoms in total. The second-order valence-corrected chi connectivity index (χ2v) is 11.6. The molecule has 1 aromatic heterocycles. The Morgan fingerprint density at radius 3 is 2.62 bits per heavy atom. The molecule has 1 aromatic carbocycles. The fourth-order valence-corrected chi connectivity index (χ4v) is 4.69. The van der Waals surface area contributed by atoms with Crippen molar-refractivity contribution in [1.82, 2.24) is 9.71 Å². The first-order valence-corrected chi connectivity index (χ1v) is 15.0. The van der Waals surface area contributed by atoms with Gasteiger partial charge in [-0.1, -0.05) is 31.4 Å². The molecule has 1 N–H and O–H groups in total. The number of aromatic nitrogens is 1. The van der Waals surface area contributed by atoms with Gasteiger partial charge in [-0.25, -0.2) is 18.1 Å². The van der Waals surface area contributed by atoms with Gasteiger partial charge in [0.15, 0.2) is 0 Å². The first-order valence-electron chi connectivity index (χ1n) is 12.9. The summed E-state index contributed by atoms with van der Waals surface area (Å²) in [6.45, 7) is 3.56. The zero-order valence-electron chi connectivity index (χ0n) is 22.0. The van der Waals surface area contributed by atoms with Crippen LogP contribution >= 0.6 is 11.6 Å². The number of carbonyl (C=O) groups excluding carboxylic acids is 1. The van der Waals surface area contributed by atoms with Crippen LogP contribution in [0.3, 0.4) is 0 Å². The summed E-state index contributed by atoms with van der Waals surface area (Å²) in [6, 6.07) is 5.32. The smallest absolute Gasteiger partial charge is 0.417 e. The molecule has 0 aliphatic heterocycles. The van der Waals surface area contributed by atoms with Crippen molar-refractivity contribution in [1.29, 1.82) is 0 Å². The molecule has 2 aromatic rings.